The number of Topliss-reactive ketones (excluding diaryl/α,β-unsaturated/α-hetero) is 1. The van der Waals surface area contributed by atoms with Gasteiger partial charge in [-0.1, -0.05) is 88.4 Å². The molecular weight excluding hydrogens is 544 g/mol. The molecule has 2 aromatic carbocycles. The molecular formula is C34H48N4O5. The third-order valence-corrected chi connectivity index (χ3v) is 7.62. The van der Waals surface area contributed by atoms with Crippen LogP contribution >= 0.6 is 0 Å². The molecule has 2 unspecified atom stereocenters. The zero-order chi connectivity index (χ0) is 31.6. The Morgan fingerprint density at radius 3 is 1.74 bits per heavy atom. The van der Waals surface area contributed by atoms with Crippen molar-refractivity contribution in [2.75, 3.05) is 6.61 Å². The van der Waals surface area contributed by atoms with Crippen LogP contribution < -0.4 is 21.7 Å². The van der Waals surface area contributed by atoms with Crippen LogP contribution in [0.3, 0.4) is 0 Å². The van der Waals surface area contributed by atoms with Crippen molar-refractivity contribution in [3.8, 4) is 0 Å². The van der Waals surface area contributed by atoms with E-state index in [2.05, 4.69) is 16.0 Å². The van der Waals surface area contributed by atoms with E-state index in [1.807, 2.05) is 88.4 Å². The molecule has 5 atom stereocenters. The van der Waals surface area contributed by atoms with Gasteiger partial charge in [0.2, 0.25) is 17.7 Å². The van der Waals surface area contributed by atoms with Crippen molar-refractivity contribution in [3.05, 3.63) is 71.8 Å². The Hall–Kier alpha value is -3.56. The summed E-state index contributed by atoms with van der Waals surface area (Å²) in [5.41, 5.74) is 7.24. The zero-order valence-corrected chi connectivity index (χ0v) is 26.1. The van der Waals surface area contributed by atoms with E-state index in [0.29, 0.717) is 32.3 Å². The summed E-state index contributed by atoms with van der Waals surface area (Å²) in [5.74, 6) is -1.29. The van der Waals surface area contributed by atoms with Gasteiger partial charge in [0.25, 0.3) is 0 Å². The number of carbonyl (C=O) groups is 4. The Kier molecular flexibility index (Phi) is 12.5. The maximum Gasteiger partial charge on any atom is 0.243 e. The summed E-state index contributed by atoms with van der Waals surface area (Å²) in [7, 11) is 0. The zero-order valence-electron chi connectivity index (χ0n) is 26.1. The van der Waals surface area contributed by atoms with Crippen molar-refractivity contribution >= 4 is 23.5 Å². The van der Waals surface area contributed by atoms with Gasteiger partial charge >= 0.3 is 0 Å². The van der Waals surface area contributed by atoms with E-state index in [4.69, 9.17) is 10.5 Å². The number of aryl methyl sites for hydroxylation is 1. The quantitative estimate of drug-likeness (QED) is 0.208. The number of hydrogen-bond donors (Lipinski definition) is 4. The number of carbonyl (C=O) groups excluding carboxylic acids is 4. The topological polar surface area (TPSA) is 143 Å². The third kappa shape index (κ3) is 10.9. The second-order valence-electron chi connectivity index (χ2n) is 12.6. The smallest absolute Gasteiger partial charge is 0.243 e. The number of ether oxygens (including phenoxy) is 1. The van der Waals surface area contributed by atoms with E-state index in [-0.39, 0.29) is 24.0 Å². The highest BCUT2D eigenvalue weighted by molar-refractivity contribution is 5.98. The maximum absolute atomic E-state index is 13.7. The third-order valence-electron chi connectivity index (χ3n) is 7.62. The fraction of sp³-hybridized carbons (Fsp3) is 0.529. The van der Waals surface area contributed by atoms with Crippen molar-refractivity contribution in [3.63, 3.8) is 0 Å². The summed E-state index contributed by atoms with van der Waals surface area (Å²) in [5, 5.41) is 8.60. The highest BCUT2D eigenvalue weighted by Crippen LogP contribution is 2.29. The number of benzene rings is 2. The Morgan fingerprint density at radius 1 is 0.744 bits per heavy atom. The molecule has 0 radical (unpaired) electrons. The van der Waals surface area contributed by atoms with Gasteiger partial charge in [0, 0.05) is 6.42 Å². The lowest BCUT2D eigenvalue weighted by atomic mass is 9.93. The van der Waals surface area contributed by atoms with E-state index >= 15 is 0 Å². The summed E-state index contributed by atoms with van der Waals surface area (Å²) >= 11 is 0. The van der Waals surface area contributed by atoms with Crippen molar-refractivity contribution in [1.29, 1.82) is 0 Å². The minimum atomic E-state index is -0.969. The number of nitrogens with two attached hydrogens (primary N) is 1. The fourth-order valence-corrected chi connectivity index (χ4v) is 5.01. The van der Waals surface area contributed by atoms with E-state index in [9.17, 15) is 19.2 Å². The van der Waals surface area contributed by atoms with Crippen LogP contribution in [0.4, 0.5) is 0 Å². The largest absolute Gasteiger partial charge is 0.361 e. The molecule has 1 saturated heterocycles. The van der Waals surface area contributed by atoms with Gasteiger partial charge in [-0.3, -0.25) is 19.2 Å². The number of amides is 3. The van der Waals surface area contributed by atoms with Crippen LogP contribution in [-0.4, -0.2) is 59.9 Å². The Morgan fingerprint density at radius 2 is 1.21 bits per heavy atom. The van der Waals surface area contributed by atoms with Crippen LogP contribution in [0.15, 0.2) is 60.7 Å². The molecule has 43 heavy (non-hydrogen) atoms. The predicted molar refractivity (Wildman–Crippen MR) is 167 cm³/mol. The number of hydrogen-bond acceptors (Lipinski definition) is 6. The molecule has 5 N–H and O–H groups in total. The second kappa shape index (κ2) is 15.8. The van der Waals surface area contributed by atoms with Crippen LogP contribution in [-0.2, 0) is 36.8 Å². The van der Waals surface area contributed by atoms with Gasteiger partial charge in [-0.15, -0.1) is 0 Å². The predicted octanol–water partition coefficient (Wildman–Crippen LogP) is 3.09. The summed E-state index contributed by atoms with van der Waals surface area (Å²) < 4.78 is 5.37. The molecule has 1 aliphatic heterocycles. The Bertz CT molecular complexity index is 1210. The molecule has 0 aromatic heterocycles. The molecule has 0 bridgehead atoms. The summed E-state index contributed by atoms with van der Waals surface area (Å²) in [4.78, 5) is 53.6. The van der Waals surface area contributed by atoms with Crippen molar-refractivity contribution in [2.24, 2.45) is 17.6 Å². The van der Waals surface area contributed by atoms with Crippen molar-refractivity contribution < 1.29 is 23.9 Å². The monoisotopic (exact) mass is 592 g/mol. The molecule has 3 rings (SSSR count). The molecule has 9 heteroatoms. The van der Waals surface area contributed by atoms with Crippen LogP contribution in [0, 0.1) is 11.8 Å². The number of ketones is 1. The number of epoxide rings is 1. The van der Waals surface area contributed by atoms with E-state index < -0.39 is 47.5 Å². The van der Waals surface area contributed by atoms with Crippen LogP contribution in [0.25, 0.3) is 0 Å². The highest BCUT2D eigenvalue weighted by atomic mass is 16.6. The minimum absolute atomic E-state index is 0.0883. The fourth-order valence-electron chi connectivity index (χ4n) is 5.01. The molecule has 0 saturated carbocycles. The van der Waals surface area contributed by atoms with Gasteiger partial charge in [-0.2, -0.15) is 0 Å². The van der Waals surface area contributed by atoms with Gasteiger partial charge < -0.3 is 26.4 Å². The molecule has 2 aromatic rings. The molecule has 234 valence electrons. The maximum atomic E-state index is 13.7. The SMILES string of the molecule is CC(C)CC(NC(=O)[C@@H](N)CCc1ccccc1)C(=O)N[C@@H](Cc1ccccc1)C(=O)NC(CC(C)C)C(=O)[C@@]1(C)CO1. The standard InChI is InChI=1S/C34H48N4O5/c1-22(2)18-27(30(39)34(5)21-43-34)36-33(42)29(20-25-14-10-7-11-15-25)38-32(41)28(19-23(3)4)37-31(40)26(35)17-16-24-12-8-6-9-13-24/h6-15,22-23,26-29H,16-21,35H2,1-5H3,(H,36,42)(H,37,40)(H,38,41)/t26-,27?,28?,29-,34+/m0/s1. The molecule has 0 aliphatic carbocycles. The normalized spacial score (nSPS) is 18.8. The highest BCUT2D eigenvalue weighted by Gasteiger charge is 2.50. The first-order valence-corrected chi connectivity index (χ1v) is 15.3. The molecule has 9 nitrogen and oxygen atoms in total. The number of rotatable bonds is 17. The molecule has 1 heterocycles. The second-order valence-corrected chi connectivity index (χ2v) is 12.6. The lowest BCUT2D eigenvalue weighted by Gasteiger charge is -2.27. The summed E-state index contributed by atoms with van der Waals surface area (Å²) in [6, 6.07) is 15.7. The first-order chi connectivity index (χ1) is 20.4. The summed E-state index contributed by atoms with van der Waals surface area (Å²) in [6.07, 6.45) is 2.10. The molecule has 1 aliphatic rings. The molecule has 3 amide bonds. The van der Waals surface area contributed by atoms with E-state index in [1.54, 1.807) is 6.92 Å². The van der Waals surface area contributed by atoms with Gasteiger partial charge in [0.1, 0.15) is 17.7 Å². The van der Waals surface area contributed by atoms with Gasteiger partial charge in [-0.05, 0) is 55.6 Å². The Labute approximate surface area is 255 Å². The Balaban J connectivity index is 1.74. The molecule has 0 spiro atoms. The van der Waals surface area contributed by atoms with E-state index in [0.717, 1.165) is 11.1 Å². The van der Waals surface area contributed by atoms with Crippen LogP contribution in [0.5, 0.6) is 0 Å². The molecule has 1 fully saturated rings. The first-order valence-electron chi connectivity index (χ1n) is 15.3. The average molecular weight is 593 g/mol. The average Bonchev–Trinajstić information content (AvgIpc) is 3.73. The summed E-state index contributed by atoms with van der Waals surface area (Å²) in [6.45, 7) is 9.93. The van der Waals surface area contributed by atoms with Gasteiger partial charge in [0.15, 0.2) is 5.78 Å². The van der Waals surface area contributed by atoms with Gasteiger partial charge in [0.05, 0.1) is 18.7 Å². The lowest BCUT2D eigenvalue weighted by Crippen LogP contribution is -2.58. The van der Waals surface area contributed by atoms with Crippen LogP contribution in [0.1, 0.15) is 65.0 Å². The lowest BCUT2D eigenvalue weighted by molar-refractivity contribution is -0.134. The van der Waals surface area contributed by atoms with Gasteiger partial charge in [-0.25, -0.2) is 0 Å². The van der Waals surface area contributed by atoms with E-state index in [1.165, 1.54) is 0 Å². The minimum Gasteiger partial charge on any atom is -0.361 e. The number of nitrogens with one attached hydrogen (secondary N) is 3. The van der Waals surface area contributed by atoms with Crippen LogP contribution in [0.2, 0.25) is 0 Å². The van der Waals surface area contributed by atoms with Crippen molar-refractivity contribution in [2.45, 2.75) is 96.5 Å². The first kappa shape index (κ1) is 33.9. The van der Waals surface area contributed by atoms with Crippen molar-refractivity contribution in [1.82, 2.24) is 16.0 Å².